The summed E-state index contributed by atoms with van der Waals surface area (Å²) in [6, 6.07) is 6.16. The molecular weight excluding hydrogens is 303 g/mol. The molecule has 0 amide bonds. The first kappa shape index (κ1) is 16.6. The van der Waals surface area contributed by atoms with Gasteiger partial charge in [0.05, 0.1) is 0 Å². The van der Waals surface area contributed by atoms with Gasteiger partial charge in [-0.05, 0) is 44.0 Å². The number of nitrogens with zero attached hydrogens (tertiary/aromatic N) is 1. The van der Waals surface area contributed by atoms with Crippen LogP contribution >= 0.6 is 11.6 Å². The molecule has 118 valence electrons. The number of rotatable bonds is 3. The zero-order valence-electron chi connectivity index (χ0n) is 11.8. The molecule has 1 N–H and O–H groups in total. The highest BCUT2D eigenvalue weighted by Gasteiger charge is 2.56. The fraction of sp³-hybridized carbons (Fsp3) is 0.600. The lowest BCUT2D eigenvalue weighted by atomic mass is 9.86. The number of hydrogen-bond donors (Lipinski definition) is 1. The zero-order valence-corrected chi connectivity index (χ0v) is 12.6. The minimum atomic E-state index is -4.64. The van der Waals surface area contributed by atoms with Crippen molar-refractivity contribution in [3.63, 3.8) is 0 Å². The molecule has 0 saturated carbocycles. The summed E-state index contributed by atoms with van der Waals surface area (Å²) in [6.07, 6.45) is -2.76. The van der Waals surface area contributed by atoms with Gasteiger partial charge < -0.3 is 5.11 Å². The molecule has 1 saturated heterocycles. The van der Waals surface area contributed by atoms with E-state index in [0.29, 0.717) is 31.0 Å². The summed E-state index contributed by atoms with van der Waals surface area (Å²) in [5.41, 5.74) is -1.85. The Morgan fingerprint density at radius 1 is 1.33 bits per heavy atom. The van der Waals surface area contributed by atoms with Gasteiger partial charge in [-0.2, -0.15) is 13.2 Å². The third kappa shape index (κ3) is 3.71. The second kappa shape index (κ2) is 6.15. The van der Waals surface area contributed by atoms with Gasteiger partial charge in [0, 0.05) is 17.6 Å². The lowest BCUT2D eigenvalue weighted by molar-refractivity contribution is -0.277. The lowest BCUT2D eigenvalue weighted by Gasteiger charge is -2.44. The molecule has 2 nitrogen and oxygen atoms in total. The minimum absolute atomic E-state index is 0.340. The predicted molar refractivity (Wildman–Crippen MR) is 76.2 cm³/mol. The summed E-state index contributed by atoms with van der Waals surface area (Å²) >= 11 is 5.91. The van der Waals surface area contributed by atoms with E-state index in [4.69, 9.17) is 11.6 Å². The normalized spacial score (nSPS) is 23.8. The van der Waals surface area contributed by atoms with Crippen molar-refractivity contribution in [1.82, 2.24) is 4.90 Å². The van der Waals surface area contributed by atoms with Crippen LogP contribution < -0.4 is 0 Å². The number of hydrogen-bond acceptors (Lipinski definition) is 2. The van der Waals surface area contributed by atoms with Gasteiger partial charge in [-0.15, -0.1) is 0 Å². The van der Waals surface area contributed by atoms with Crippen LogP contribution in [0.1, 0.15) is 31.7 Å². The number of likely N-dealkylation sites (tertiary alicyclic amines) is 1. The maximum atomic E-state index is 13.1. The first-order valence-corrected chi connectivity index (χ1v) is 7.37. The molecule has 2 rings (SSSR count). The number of alkyl halides is 3. The van der Waals surface area contributed by atoms with Crippen molar-refractivity contribution in [2.24, 2.45) is 0 Å². The van der Waals surface area contributed by atoms with Gasteiger partial charge in [0.25, 0.3) is 0 Å². The van der Waals surface area contributed by atoms with Gasteiger partial charge in [0.15, 0.2) is 5.60 Å². The van der Waals surface area contributed by atoms with Crippen molar-refractivity contribution in [3.05, 3.63) is 34.9 Å². The van der Waals surface area contributed by atoms with Crippen molar-refractivity contribution in [2.45, 2.75) is 50.6 Å². The van der Waals surface area contributed by atoms with Crippen molar-refractivity contribution in [2.75, 3.05) is 6.54 Å². The Kier molecular flexibility index (Phi) is 4.85. The SMILES string of the molecule is CC(O)(C1CCCCN1Cc1cccc(Cl)c1)C(F)(F)F. The third-order valence-electron chi connectivity index (χ3n) is 4.11. The van der Waals surface area contributed by atoms with Crippen LogP contribution in [0, 0.1) is 0 Å². The summed E-state index contributed by atoms with van der Waals surface area (Å²) < 4.78 is 39.3. The molecule has 1 aliphatic heterocycles. The van der Waals surface area contributed by atoms with Gasteiger partial charge in [-0.1, -0.05) is 30.2 Å². The molecule has 21 heavy (non-hydrogen) atoms. The van der Waals surface area contributed by atoms with E-state index in [1.54, 1.807) is 23.1 Å². The molecule has 0 aromatic heterocycles. The van der Waals surface area contributed by atoms with Crippen molar-refractivity contribution < 1.29 is 18.3 Å². The molecule has 0 bridgehead atoms. The highest BCUT2D eigenvalue weighted by atomic mass is 35.5. The Morgan fingerprint density at radius 3 is 2.67 bits per heavy atom. The largest absolute Gasteiger partial charge is 0.418 e. The van der Waals surface area contributed by atoms with E-state index in [1.165, 1.54) is 0 Å². The fourth-order valence-electron chi connectivity index (χ4n) is 2.88. The summed E-state index contributed by atoms with van der Waals surface area (Å²) in [6.45, 7) is 1.77. The Hall–Kier alpha value is -0.780. The van der Waals surface area contributed by atoms with Crippen LogP contribution in [0.2, 0.25) is 5.02 Å². The van der Waals surface area contributed by atoms with E-state index in [0.717, 1.165) is 18.9 Å². The van der Waals surface area contributed by atoms with E-state index in [2.05, 4.69) is 0 Å². The third-order valence-corrected chi connectivity index (χ3v) is 4.35. The Morgan fingerprint density at radius 2 is 2.05 bits per heavy atom. The number of piperidine rings is 1. The summed E-state index contributed by atoms with van der Waals surface area (Å²) in [7, 11) is 0. The molecule has 1 fully saturated rings. The molecule has 1 aliphatic rings. The van der Waals surface area contributed by atoms with E-state index < -0.39 is 17.8 Å². The maximum absolute atomic E-state index is 13.1. The molecule has 0 radical (unpaired) electrons. The van der Waals surface area contributed by atoms with Crippen molar-refractivity contribution in [3.8, 4) is 0 Å². The summed E-state index contributed by atoms with van der Waals surface area (Å²) in [4.78, 5) is 1.71. The van der Waals surface area contributed by atoms with E-state index in [1.807, 2.05) is 6.07 Å². The molecule has 2 atom stereocenters. The minimum Gasteiger partial charge on any atom is -0.379 e. The molecule has 1 aromatic rings. The molecular formula is C15H19ClF3NO. The van der Waals surface area contributed by atoms with Crippen LogP contribution in [0.3, 0.4) is 0 Å². The second-order valence-corrected chi connectivity index (χ2v) is 6.19. The molecule has 0 aliphatic carbocycles. The molecule has 0 spiro atoms. The molecule has 2 unspecified atom stereocenters. The Labute approximate surface area is 127 Å². The maximum Gasteiger partial charge on any atom is 0.418 e. The van der Waals surface area contributed by atoms with Crippen LogP contribution in [0.25, 0.3) is 0 Å². The summed E-state index contributed by atoms with van der Waals surface area (Å²) in [5, 5.41) is 10.5. The fourth-order valence-corrected chi connectivity index (χ4v) is 3.09. The number of halogens is 4. The van der Waals surface area contributed by atoms with Gasteiger partial charge >= 0.3 is 6.18 Å². The number of benzene rings is 1. The average Bonchev–Trinajstić information content (AvgIpc) is 2.38. The quantitative estimate of drug-likeness (QED) is 0.909. The topological polar surface area (TPSA) is 23.5 Å². The van der Waals surface area contributed by atoms with Crippen LogP contribution in [0.5, 0.6) is 0 Å². The van der Waals surface area contributed by atoms with E-state index in [-0.39, 0.29) is 0 Å². The standard InChI is InChI=1S/C15H19ClF3NO/c1-14(21,15(17,18)19)13-7-2-3-8-20(13)10-11-5-4-6-12(16)9-11/h4-6,9,13,21H,2-3,7-8,10H2,1H3. The van der Waals surface area contributed by atoms with Crippen LogP contribution in [0.15, 0.2) is 24.3 Å². The van der Waals surface area contributed by atoms with E-state index >= 15 is 0 Å². The van der Waals surface area contributed by atoms with Crippen LogP contribution in [-0.2, 0) is 6.54 Å². The van der Waals surface area contributed by atoms with Gasteiger partial charge in [0.2, 0.25) is 0 Å². The van der Waals surface area contributed by atoms with Crippen LogP contribution in [-0.4, -0.2) is 34.4 Å². The molecule has 6 heteroatoms. The monoisotopic (exact) mass is 321 g/mol. The highest BCUT2D eigenvalue weighted by molar-refractivity contribution is 6.30. The second-order valence-electron chi connectivity index (χ2n) is 5.76. The van der Waals surface area contributed by atoms with Crippen molar-refractivity contribution >= 4 is 11.6 Å². The van der Waals surface area contributed by atoms with Gasteiger partial charge in [-0.3, -0.25) is 4.90 Å². The number of aliphatic hydroxyl groups is 1. The zero-order chi connectivity index (χ0) is 15.7. The first-order chi connectivity index (χ1) is 9.72. The van der Waals surface area contributed by atoms with Crippen LogP contribution in [0.4, 0.5) is 13.2 Å². The first-order valence-electron chi connectivity index (χ1n) is 6.99. The van der Waals surface area contributed by atoms with Gasteiger partial charge in [-0.25, -0.2) is 0 Å². The van der Waals surface area contributed by atoms with Crippen molar-refractivity contribution in [1.29, 1.82) is 0 Å². The Balaban J connectivity index is 2.20. The Bertz CT molecular complexity index is 490. The smallest absolute Gasteiger partial charge is 0.379 e. The van der Waals surface area contributed by atoms with E-state index in [9.17, 15) is 18.3 Å². The molecule has 1 aromatic carbocycles. The average molecular weight is 322 g/mol. The molecule has 1 heterocycles. The van der Waals surface area contributed by atoms with Gasteiger partial charge in [0.1, 0.15) is 0 Å². The lowest BCUT2D eigenvalue weighted by Crippen LogP contribution is -2.60. The highest BCUT2D eigenvalue weighted by Crippen LogP contribution is 2.39. The summed E-state index contributed by atoms with van der Waals surface area (Å²) in [5.74, 6) is 0. The predicted octanol–water partition coefficient (Wildman–Crippen LogP) is 4.01.